The lowest BCUT2D eigenvalue weighted by Crippen LogP contribution is -3.16. The fourth-order valence-corrected chi connectivity index (χ4v) is 3.19. The fourth-order valence-electron chi connectivity index (χ4n) is 3.19. The van der Waals surface area contributed by atoms with Gasteiger partial charge in [0.15, 0.2) is 0 Å². The molecule has 2 rings (SSSR count). The smallest absolute Gasteiger partial charge is 0.338 e. The Bertz CT molecular complexity index is 492. The van der Waals surface area contributed by atoms with Crippen LogP contribution in [0.3, 0.4) is 0 Å². The second kappa shape index (κ2) is 12.2. The molecule has 0 bridgehead atoms. The molecule has 142 valence electrons. The van der Waals surface area contributed by atoms with Gasteiger partial charge in [0.1, 0.15) is 5.75 Å². The first-order chi connectivity index (χ1) is 11.7. The van der Waals surface area contributed by atoms with Crippen molar-refractivity contribution in [3.05, 3.63) is 29.8 Å². The van der Waals surface area contributed by atoms with Gasteiger partial charge < -0.3 is 26.8 Å². The number of likely N-dealkylation sites (tertiary alicyclic amines) is 1. The van der Waals surface area contributed by atoms with Crippen molar-refractivity contribution in [3.63, 3.8) is 0 Å². The van der Waals surface area contributed by atoms with Gasteiger partial charge in [-0.3, -0.25) is 0 Å². The predicted octanol–water partition coefficient (Wildman–Crippen LogP) is -0.126. The summed E-state index contributed by atoms with van der Waals surface area (Å²) in [5, 5.41) is 0. The zero-order valence-electron chi connectivity index (χ0n) is 15.6. The quantitative estimate of drug-likeness (QED) is 0.487. The molecule has 1 heterocycles. The van der Waals surface area contributed by atoms with Crippen LogP contribution in [0, 0.1) is 0 Å². The van der Waals surface area contributed by atoms with Crippen molar-refractivity contribution in [3.8, 4) is 5.75 Å². The van der Waals surface area contributed by atoms with Crippen LogP contribution in [0.5, 0.6) is 5.75 Å². The van der Waals surface area contributed by atoms with E-state index in [4.69, 9.17) is 9.47 Å². The minimum absolute atomic E-state index is 0. The van der Waals surface area contributed by atoms with Gasteiger partial charge in [-0.25, -0.2) is 4.79 Å². The van der Waals surface area contributed by atoms with E-state index in [1.54, 1.807) is 17.0 Å². The maximum Gasteiger partial charge on any atom is 0.338 e. The number of hydrogen-bond acceptors (Lipinski definition) is 3. The third kappa shape index (κ3) is 7.66. The Morgan fingerprint density at radius 1 is 1.16 bits per heavy atom. The van der Waals surface area contributed by atoms with Crippen LogP contribution in [-0.4, -0.2) is 38.3 Å². The number of nitrogens with one attached hydrogen (secondary N) is 1. The van der Waals surface area contributed by atoms with Crippen LogP contribution in [0.4, 0.5) is 0 Å². The summed E-state index contributed by atoms with van der Waals surface area (Å²) in [6.07, 6.45) is 7.10. The summed E-state index contributed by atoms with van der Waals surface area (Å²) in [6.45, 7) is 8.04. The highest BCUT2D eigenvalue weighted by atomic mass is 35.5. The zero-order valence-corrected chi connectivity index (χ0v) is 16.3. The Hall–Kier alpha value is -1.26. The number of carbonyl (C=O) groups is 1. The van der Waals surface area contributed by atoms with Crippen molar-refractivity contribution in [1.29, 1.82) is 0 Å². The molecule has 1 aromatic rings. The normalized spacial score (nSPS) is 19.8. The third-order valence-electron chi connectivity index (χ3n) is 4.81. The fraction of sp³-hybridized carbons (Fsp3) is 0.650. The van der Waals surface area contributed by atoms with Crippen LogP contribution < -0.4 is 22.0 Å². The third-order valence-corrected chi connectivity index (χ3v) is 4.81. The molecule has 2 unspecified atom stereocenters. The van der Waals surface area contributed by atoms with Crippen molar-refractivity contribution in [2.24, 2.45) is 0 Å². The summed E-state index contributed by atoms with van der Waals surface area (Å²) in [5.41, 5.74) is 0.594. The number of rotatable bonds is 9. The first-order valence-electron chi connectivity index (χ1n) is 9.45. The second-order valence-corrected chi connectivity index (χ2v) is 6.77. The van der Waals surface area contributed by atoms with Crippen LogP contribution in [0.2, 0.25) is 0 Å². The minimum atomic E-state index is -0.239. The van der Waals surface area contributed by atoms with Crippen molar-refractivity contribution >= 4 is 5.97 Å². The number of benzene rings is 1. The van der Waals surface area contributed by atoms with E-state index in [2.05, 4.69) is 13.8 Å². The van der Waals surface area contributed by atoms with E-state index in [9.17, 15) is 4.79 Å². The van der Waals surface area contributed by atoms with Crippen LogP contribution >= 0.6 is 0 Å². The number of piperidine rings is 1. The number of esters is 1. The lowest BCUT2D eigenvalue weighted by molar-refractivity contribution is -0.928. The molecule has 1 saturated heterocycles. The molecule has 5 heteroatoms. The highest BCUT2D eigenvalue weighted by Gasteiger charge is 2.21. The highest BCUT2D eigenvalue weighted by Crippen LogP contribution is 2.13. The van der Waals surface area contributed by atoms with E-state index in [1.165, 1.54) is 25.8 Å². The number of halogens is 1. The van der Waals surface area contributed by atoms with Gasteiger partial charge in [0.05, 0.1) is 37.9 Å². The maximum atomic E-state index is 12.1. The predicted molar refractivity (Wildman–Crippen MR) is 95.8 cm³/mol. The molecule has 0 radical (unpaired) electrons. The summed E-state index contributed by atoms with van der Waals surface area (Å²) in [5.74, 6) is 0.569. The Labute approximate surface area is 158 Å². The number of ether oxygens (including phenoxy) is 2. The largest absolute Gasteiger partial charge is 1.00 e. The molecule has 1 fully saturated rings. The van der Waals surface area contributed by atoms with Crippen LogP contribution in [-0.2, 0) is 4.74 Å². The highest BCUT2D eigenvalue weighted by molar-refractivity contribution is 5.89. The Kier molecular flexibility index (Phi) is 10.6. The van der Waals surface area contributed by atoms with Crippen molar-refractivity contribution in [2.75, 3.05) is 26.3 Å². The van der Waals surface area contributed by atoms with E-state index in [-0.39, 0.29) is 18.4 Å². The molecule has 2 atom stereocenters. The van der Waals surface area contributed by atoms with E-state index >= 15 is 0 Å². The van der Waals surface area contributed by atoms with Gasteiger partial charge in [0, 0.05) is 6.42 Å². The Morgan fingerprint density at radius 2 is 1.92 bits per heavy atom. The Morgan fingerprint density at radius 3 is 2.60 bits per heavy atom. The molecule has 1 aromatic carbocycles. The first kappa shape index (κ1) is 21.8. The van der Waals surface area contributed by atoms with Gasteiger partial charge in [-0.1, -0.05) is 13.3 Å². The van der Waals surface area contributed by atoms with Gasteiger partial charge in [-0.05, 0) is 56.9 Å². The lowest BCUT2D eigenvalue weighted by Gasteiger charge is -2.30. The average molecular weight is 370 g/mol. The van der Waals surface area contributed by atoms with Crippen LogP contribution in [0.15, 0.2) is 24.3 Å². The van der Waals surface area contributed by atoms with E-state index in [0.717, 1.165) is 44.2 Å². The molecule has 25 heavy (non-hydrogen) atoms. The van der Waals surface area contributed by atoms with Crippen molar-refractivity contribution < 1.29 is 31.6 Å². The number of hydrogen-bond donors (Lipinski definition) is 1. The second-order valence-electron chi connectivity index (χ2n) is 6.77. The van der Waals surface area contributed by atoms with Crippen molar-refractivity contribution in [1.82, 2.24) is 0 Å². The molecule has 0 spiro atoms. The van der Waals surface area contributed by atoms with Crippen LogP contribution in [0.25, 0.3) is 0 Å². The van der Waals surface area contributed by atoms with Gasteiger partial charge in [0.25, 0.3) is 0 Å². The molecule has 0 saturated carbocycles. The molecule has 1 aliphatic heterocycles. The molecule has 0 amide bonds. The number of carbonyl (C=O) groups excluding carboxylic acids is 1. The summed E-state index contributed by atoms with van der Waals surface area (Å²) >= 11 is 0. The van der Waals surface area contributed by atoms with Crippen molar-refractivity contribution in [2.45, 2.75) is 58.4 Å². The summed E-state index contributed by atoms with van der Waals surface area (Å²) in [4.78, 5) is 13.7. The van der Waals surface area contributed by atoms with E-state index < -0.39 is 0 Å². The van der Waals surface area contributed by atoms with E-state index in [0.29, 0.717) is 12.2 Å². The monoisotopic (exact) mass is 369 g/mol. The minimum Gasteiger partial charge on any atom is -1.00 e. The molecular weight excluding hydrogens is 338 g/mol. The molecule has 1 aliphatic rings. The summed E-state index contributed by atoms with van der Waals surface area (Å²) < 4.78 is 11.0. The van der Waals surface area contributed by atoms with Crippen LogP contribution in [0.1, 0.15) is 62.7 Å². The molecule has 0 aliphatic carbocycles. The molecule has 1 N–H and O–H groups in total. The number of quaternary nitrogens is 1. The van der Waals surface area contributed by atoms with Gasteiger partial charge in [0.2, 0.25) is 0 Å². The SMILES string of the molecule is CCCCOc1ccc(C(=O)OCCC[NH+]2CCCCC2C)cc1.[Cl-]. The number of unbranched alkanes of at least 4 members (excludes halogenated alkanes) is 1. The average Bonchev–Trinajstić information content (AvgIpc) is 2.61. The molecular formula is C20H32ClNO3. The first-order valence-corrected chi connectivity index (χ1v) is 9.45. The van der Waals surface area contributed by atoms with E-state index in [1.807, 2.05) is 12.1 Å². The maximum absolute atomic E-state index is 12.1. The summed E-state index contributed by atoms with van der Waals surface area (Å²) in [6, 6.07) is 7.98. The van der Waals surface area contributed by atoms with Gasteiger partial charge in [-0.2, -0.15) is 0 Å². The summed E-state index contributed by atoms with van der Waals surface area (Å²) in [7, 11) is 0. The van der Waals surface area contributed by atoms with Gasteiger partial charge >= 0.3 is 5.97 Å². The van der Waals surface area contributed by atoms with Gasteiger partial charge in [-0.15, -0.1) is 0 Å². The topological polar surface area (TPSA) is 40.0 Å². The Balaban J connectivity index is 0.00000312. The lowest BCUT2D eigenvalue weighted by atomic mass is 10.0. The zero-order chi connectivity index (χ0) is 17.2. The molecule has 0 aromatic heterocycles. The molecule has 4 nitrogen and oxygen atoms in total. The standard InChI is InChI=1S/C20H31NO3.ClH/c1-3-4-15-23-19-11-9-18(10-12-19)20(22)24-16-7-14-21-13-6-5-8-17(21)2;/h9-12,17H,3-8,13-16H2,1-2H3;1H.